The molecule has 0 bridgehead atoms. The lowest BCUT2D eigenvalue weighted by Gasteiger charge is -2.13. The van der Waals surface area contributed by atoms with Gasteiger partial charge in [-0.2, -0.15) is 0 Å². The Kier molecular flexibility index (Phi) is 5.11. The Bertz CT molecular complexity index is 943. The van der Waals surface area contributed by atoms with Crippen LogP contribution in [0.4, 0.5) is 9.18 Å². The van der Waals surface area contributed by atoms with Gasteiger partial charge in [0.05, 0.1) is 17.0 Å². The van der Waals surface area contributed by atoms with Crippen LogP contribution in [0.25, 0.3) is 6.08 Å². The molecule has 2 amide bonds. The van der Waals surface area contributed by atoms with E-state index in [0.717, 1.165) is 22.7 Å². The van der Waals surface area contributed by atoms with E-state index in [1.54, 1.807) is 12.1 Å². The highest BCUT2D eigenvalue weighted by atomic mass is 35.5. The number of benzene rings is 2. The minimum absolute atomic E-state index is 0.0565. The van der Waals surface area contributed by atoms with Crippen molar-refractivity contribution in [1.82, 2.24) is 4.90 Å². The molecule has 1 aliphatic heterocycles. The summed E-state index contributed by atoms with van der Waals surface area (Å²) in [5.74, 6) is -2.03. The minimum atomic E-state index is -1.05. The van der Waals surface area contributed by atoms with E-state index in [0.29, 0.717) is 11.1 Å². The summed E-state index contributed by atoms with van der Waals surface area (Å²) in [6, 6.07) is 9.68. The van der Waals surface area contributed by atoms with E-state index in [-0.39, 0.29) is 22.0 Å². The van der Waals surface area contributed by atoms with Crippen molar-refractivity contribution in [3.63, 3.8) is 0 Å². The predicted molar refractivity (Wildman–Crippen MR) is 96.3 cm³/mol. The van der Waals surface area contributed by atoms with E-state index in [1.807, 2.05) is 0 Å². The number of aromatic carboxylic acids is 1. The quantitative estimate of drug-likeness (QED) is 0.781. The number of imide groups is 1. The average Bonchev–Trinajstić information content (AvgIpc) is 2.85. The van der Waals surface area contributed by atoms with Crippen LogP contribution in [-0.2, 0) is 11.3 Å². The largest absolute Gasteiger partial charge is 0.478 e. The molecule has 3 rings (SSSR count). The van der Waals surface area contributed by atoms with Crippen molar-refractivity contribution in [1.29, 1.82) is 0 Å². The van der Waals surface area contributed by atoms with E-state index in [4.69, 9.17) is 16.7 Å². The van der Waals surface area contributed by atoms with Crippen molar-refractivity contribution < 1.29 is 23.9 Å². The van der Waals surface area contributed by atoms with Crippen molar-refractivity contribution in [2.75, 3.05) is 0 Å². The molecule has 8 heteroatoms. The molecule has 0 atom stereocenters. The first-order chi connectivity index (χ1) is 12.3. The van der Waals surface area contributed by atoms with Gasteiger partial charge in [-0.1, -0.05) is 29.8 Å². The number of carbonyl (C=O) groups excluding carboxylic acids is 2. The molecule has 1 fully saturated rings. The molecule has 1 heterocycles. The summed E-state index contributed by atoms with van der Waals surface area (Å²) >= 11 is 6.73. The first-order valence-corrected chi connectivity index (χ1v) is 8.57. The number of carboxylic acids is 1. The first kappa shape index (κ1) is 18.2. The summed E-state index contributed by atoms with van der Waals surface area (Å²) in [7, 11) is 0. The van der Waals surface area contributed by atoms with Crippen LogP contribution < -0.4 is 0 Å². The van der Waals surface area contributed by atoms with Crippen LogP contribution in [0.3, 0.4) is 0 Å². The first-order valence-electron chi connectivity index (χ1n) is 7.38. The van der Waals surface area contributed by atoms with Gasteiger partial charge in [0.2, 0.25) is 0 Å². The molecule has 2 aromatic carbocycles. The second kappa shape index (κ2) is 7.31. The van der Waals surface area contributed by atoms with Crippen LogP contribution in [0.1, 0.15) is 21.5 Å². The zero-order valence-corrected chi connectivity index (χ0v) is 14.7. The standard InChI is InChI=1S/C18H11ClFNO4S/c19-14-8-13(20)6-5-12(14)9-21-16(22)15(26-18(21)25)7-10-1-3-11(4-2-10)17(23)24/h1-8H,9H2,(H,23,24). The number of hydrogen-bond acceptors (Lipinski definition) is 4. The monoisotopic (exact) mass is 391 g/mol. The molecular formula is C18H11ClFNO4S. The van der Waals surface area contributed by atoms with Crippen LogP contribution >= 0.6 is 23.4 Å². The third-order valence-electron chi connectivity index (χ3n) is 3.67. The highest BCUT2D eigenvalue weighted by molar-refractivity contribution is 8.18. The molecule has 0 radical (unpaired) electrons. The number of rotatable bonds is 4. The number of amides is 2. The van der Waals surface area contributed by atoms with Crippen LogP contribution in [0.15, 0.2) is 47.4 Å². The van der Waals surface area contributed by atoms with Gasteiger partial charge >= 0.3 is 5.97 Å². The lowest BCUT2D eigenvalue weighted by atomic mass is 10.1. The fourth-order valence-corrected chi connectivity index (χ4v) is 3.40. The maximum absolute atomic E-state index is 13.1. The van der Waals surface area contributed by atoms with E-state index < -0.39 is 22.9 Å². The number of hydrogen-bond donors (Lipinski definition) is 1. The summed E-state index contributed by atoms with van der Waals surface area (Å²) < 4.78 is 13.1. The molecule has 0 saturated carbocycles. The molecule has 2 aromatic rings. The number of carboxylic acid groups (broad SMARTS) is 1. The molecule has 1 aliphatic rings. The Hall–Kier alpha value is -2.64. The summed E-state index contributed by atoms with van der Waals surface area (Å²) in [5, 5.41) is 8.57. The Balaban J connectivity index is 1.80. The molecule has 0 aliphatic carbocycles. The summed E-state index contributed by atoms with van der Waals surface area (Å²) in [4.78, 5) is 36.7. The van der Waals surface area contributed by atoms with Gasteiger partial charge in [0, 0.05) is 5.02 Å². The predicted octanol–water partition coefficient (Wildman–Crippen LogP) is 4.41. The molecule has 0 spiro atoms. The van der Waals surface area contributed by atoms with Gasteiger partial charge in [0.25, 0.3) is 11.1 Å². The minimum Gasteiger partial charge on any atom is -0.478 e. The average molecular weight is 392 g/mol. The van der Waals surface area contributed by atoms with Crippen LogP contribution in [0.5, 0.6) is 0 Å². The number of thioether (sulfide) groups is 1. The third kappa shape index (κ3) is 3.79. The van der Waals surface area contributed by atoms with Gasteiger partial charge in [-0.25, -0.2) is 9.18 Å². The van der Waals surface area contributed by atoms with Crippen molar-refractivity contribution in [3.8, 4) is 0 Å². The van der Waals surface area contributed by atoms with Crippen molar-refractivity contribution in [2.24, 2.45) is 0 Å². The number of carbonyl (C=O) groups is 3. The van der Waals surface area contributed by atoms with Gasteiger partial charge in [0.15, 0.2) is 0 Å². The molecule has 0 aromatic heterocycles. The second-order valence-corrected chi connectivity index (χ2v) is 6.83. The number of halogens is 2. The lowest BCUT2D eigenvalue weighted by Crippen LogP contribution is -2.27. The van der Waals surface area contributed by atoms with Gasteiger partial charge in [-0.15, -0.1) is 0 Å². The highest BCUT2D eigenvalue weighted by Crippen LogP contribution is 2.34. The molecule has 1 saturated heterocycles. The van der Waals surface area contributed by atoms with Crippen molar-refractivity contribution in [2.45, 2.75) is 6.54 Å². The van der Waals surface area contributed by atoms with Crippen LogP contribution in [0, 0.1) is 5.82 Å². The van der Waals surface area contributed by atoms with E-state index in [9.17, 15) is 18.8 Å². The SMILES string of the molecule is O=C(O)c1ccc(C=C2SC(=O)N(Cc3ccc(F)cc3Cl)C2=O)cc1. The fraction of sp³-hybridized carbons (Fsp3) is 0.0556. The Morgan fingerprint density at radius 1 is 1.19 bits per heavy atom. The van der Waals surface area contributed by atoms with E-state index >= 15 is 0 Å². The normalized spacial score (nSPS) is 15.8. The molecule has 5 nitrogen and oxygen atoms in total. The van der Waals surface area contributed by atoms with E-state index in [2.05, 4.69) is 0 Å². The van der Waals surface area contributed by atoms with Gasteiger partial charge in [0.1, 0.15) is 5.82 Å². The molecule has 1 N–H and O–H groups in total. The summed E-state index contributed by atoms with van der Waals surface area (Å²) in [5.41, 5.74) is 1.18. The van der Waals surface area contributed by atoms with Gasteiger partial charge < -0.3 is 5.11 Å². The Morgan fingerprint density at radius 3 is 2.50 bits per heavy atom. The maximum Gasteiger partial charge on any atom is 0.335 e. The van der Waals surface area contributed by atoms with Crippen LogP contribution in [-0.4, -0.2) is 27.1 Å². The van der Waals surface area contributed by atoms with Gasteiger partial charge in [-0.3, -0.25) is 14.5 Å². The Labute approximate surface area is 157 Å². The third-order valence-corrected chi connectivity index (χ3v) is 4.93. The maximum atomic E-state index is 13.1. The number of nitrogens with zero attached hydrogens (tertiary/aromatic N) is 1. The fourth-order valence-electron chi connectivity index (χ4n) is 2.33. The molecule has 26 heavy (non-hydrogen) atoms. The Morgan fingerprint density at radius 2 is 1.88 bits per heavy atom. The molecule has 132 valence electrons. The smallest absolute Gasteiger partial charge is 0.335 e. The summed E-state index contributed by atoms with van der Waals surface area (Å²) in [6.07, 6.45) is 1.52. The topological polar surface area (TPSA) is 74.7 Å². The lowest BCUT2D eigenvalue weighted by molar-refractivity contribution is -0.123. The highest BCUT2D eigenvalue weighted by Gasteiger charge is 2.35. The zero-order valence-electron chi connectivity index (χ0n) is 13.1. The molecule has 0 unspecified atom stereocenters. The van der Waals surface area contributed by atoms with Crippen molar-refractivity contribution in [3.05, 3.63) is 74.9 Å². The second-order valence-electron chi connectivity index (χ2n) is 5.43. The summed E-state index contributed by atoms with van der Waals surface area (Å²) in [6.45, 7) is -0.0565. The molecular weight excluding hydrogens is 381 g/mol. The van der Waals surface area contributed by atoms with E-state index in [1.165, 1.54) is 30.3 Å². The van der Waals surface area contributed by atoms with Crippen LogP contribution in [0.2, 0.25) is 5.02 Å². The van der Waals surface area contributed by atoms with Crippen molar-refractivity contribution >= 4 is 46.6 Å². The van der Waals surface area contributed by atoms with Gasteiger partial charge in [-0.05, 0) is 53.2 Å². The zero-order chi connectivity index (χ0) is 18.8.